The van der Waals surface area contributed by atoms with Crippen molar-refractivity contribution in [1.29, 1.82) is 0 Å². The van der Waals surface area contributed by atoms with Crippen LogP contribution < -0.4 is 5.32 Å². The molecule has 0 radical (unpaired) electrons. The van der Waals surface area contributed by atoms with Crippen molar-refractivity contribution in [3.63, 3.8) is 0 Å². The van der Waals surface area contributed by atoms with Crippen LogP contribution in [0.2, 0.25) is 0 Å². The van der Waals surface area contributed by atoms with Crippen LogP contribution in [-0.4, -0.2) is 50.5 Å². The molecule has 5 nitrogen and oxygen atoms in total. The van der Waals surface area contributed by atoms with E-state index in [1.807, 2.05) is 0 Å². The van der Waals surface area contributed by atoms with E-state index in [1.54, 1.807) is 6.92 Å². The van der Waals surface area contributed by atoms with Crippen molar-refractivity contribution >= 4 is 28.2 Å². The highest BCUT2D eigenvalue weighted by atomic mass is 35.5. The molecule has 0 aromatic carbocycles. The first-order valence-electron chi connectivity index (χ1n) is 4.66. The van der Waals surface area contributed by atoms with Crippen molar-refractivity contribution in [3.8, 4) is 0 Å². The lowest BCUT2D eigenvalue weighted by Crippen LogP contribution is -2.56. The van der Waals surface area contributed by atoms with E-state index in [1.165, 1.54) is 11.2 Å². The van der Waals surface area contributed by atoms with Crippen LogP contribution in [-0.2, 0) is 14.6 Å². The molecular formula is C8H17ClN2O3S. The molecule has 1 heterocycles. The molecule has 1 aliphatic rings. The molecule has 1 aliphatic heterocycles. The fourth-order valence-corrected chi connectivity index (χ4v) is 2.66. The van der Waals surface area contributed by atoms with Crippen molar-refractivity contribution in [1.82, 2.24) is 10.2 Å². The fourth-order valence-electron chi connectivity index (χ4n) is 1.55. The minimum absolute atomic E-state index is 0. The molecule has 0 aromatic heterocycles. The van der Waals surface area contributed by atoms with Crippen LogP contribution in [0.3, 0.4) is 0 Å². The summed E-state index contributed by atoms with van der Waals surface area (Å²) in [6.45, 7) is 3.22. The minimum Gasteiger partial charge on any atom is -0.323 e. The van der Waals surface area contributed by atoms with Gasteiger partial charge in [0.1, 0.15) is 5.37 Å². The summed E-state index contributed by atoms with van der Waals surface area (Å²) in [5.74, 6) is -0.0954. The summed E-state index contributed by atoms with van der Waals surface area (Å²) < 4.78 is 22.8. The Kier molecular flexibility index (Phi) is 5.55. The molecule has 0 aromatic rings. The van der Waals surface area contributed by atoms with Crippen LogP contribution >= 0.6 is 12.4 Å². The van der Waals surface area contributed by atoms with Gasteiger partial charge in [0.05, 0.1) is 0 Å². The summed E-state index contributed by atoms with van der Waals surface area (Å²) in [4.78, 5) is 12.9. The Morgan fingerprint density at radius 1 is 1.53 bits per heavy atom. The van der Waals surface area contributed by atoms with Gasteiger partial charge in [-0.3, -0.25) is 4.79 Å². The van der Waals surface area contributed by atoms with E-state index in [0.717, 1.165) is 0 Å². The Hall–Kier alpha value is -0.330. The number of hydrogen-bond donors (Lipinski definition) is 1. The number of rotatable bonds is 2. The molecule has 1 atom stereocenters. The van der Waals surface area contributed by atoms with Gasteiger partial charge in [-0.05, 0) is 0 Å². The zero-order chi connectivity index (χ0) is 10.8. The smallest absolute Gasteiger partial charge is 0.223 e. The van der Waals surface area contributed by atoms with Crippen LogP contribution in [0.5, 0.6) is 0 Å². The molecule has 90 valence electrons. The van der Waals surface area contributed by atoms with Crippen molar-refractivity contribution in [3.05, 3.63) is 0 Å². The summed E-state index contributed by atoms with van der Waals surface area (Å²) in [5.41, 5.74) is 0. The average molecular weight is 257 g/mol. The molecule has 1 rings (SSSR count). The maximum Gasteiger partial charge on any atom is 0.223 e. The molecule has 0 bridgehead atoms. The first-order valence-corrected chi connectivity index (χ1v) is 6.61. The first-order chi connectivity index (χ1) is 6.46. The van der Waals surface area contributed by atoms with Gasteiger partial charge in [0.25, 0.3) is 0 Å². The number of nitrogens with one attached hydrogen (secondary N) is 1. The van der Waals surface area contributed by atoms with Gasteiger partial charge in [0.15, 0.2) is 9.84 Å². The predicted molar refractivity (Wildman–Crippen MR) is 60.8 cm³/mol. The summed E-state index contributed by atoms with van der Waals surface area (Å²) in [6, 6.07) is 0. The molecule has 1 unspecified atom stereocenters. The Labute approximate surface area is 96.5 Å². The van der Waals surface area contributed by atoms with Gasteiger partial charge in [-0.2, -0.15) is 0 Å². The highest BCUT2D eigenvalue weighted by Gasteiger charge is 2.32. The summed E-state index contributed by atoms with van der Waals surface area (Å²) in [5, 5.41) is 2.29. The summed E-state index contributed by atoms with van der Waals surface area (Å²) >= 11 is 0. The van der Waals surface area contributed by atoms with Gasteiger partial charge in [0.2, 0.25) is 5.91 Å². The highest BCUT2D eigenvalue weighted by Crippen LogP contribution is 2.10. The second kappa shape index (κ2) is 5.67. The van der Waals surface area contributed by atoms with Crippen molar-refractivity contribution in [2.24, 2.45) is 0 Å². The Morgan fingerprint density at radius 3 is 2.60 bits per heavy atom. The number of carbonyl (C=O) groups excluding carboxylic acids is 1. The van der Waals surface area contributed by atoms with Gasteiger partial charge in [-0.15, -0.1) is 12.4 Å². The topological polar surface area (TPSA) is 66.5 Å². The minimum atomic E-state index is -3.19. The fraction of sp³-hybridized carbons (Fsp3) is 0.875. The molecule has 15 heavy (non-hydrogen) atoms. The highest BCUT2D eigenvalue weighted by molar-refractivity contribution is 7.91. The first kappa shape index (κ1) is 14.7. The number of halogens is 1. The van der Waals surface area contributed by atoms with Crippen molar-refractivity contribution < 1.29 is 13.2 Å². The van der Waals surface area contributed by atoms with E-state index in [-0.39, 0.29) is 18.3 Å². The van der Waals surface area contributed by atoms with Crippen LogP contribution in [0.15, 0.2) is 0 Å². The van der Waals surface area contributed by atoms with Crippen molar-refractivity contribution in [2.45, 2.75) is 18.7 Å². The van der Waals surface area contributed by atoms with E-state index in [2.05, 4.69) is 5.32 Å². The Bertz CT molecular complexity index is 318. The number of piperazine rings is 1. The lowest BCUT2D eigenvalue weighted by molar-refractivity contribution is -0.132. The number of nitrogens with zero attached hydrogens (tertiary/aromatic N) is 1. The van der Waals surface area contributed by atoms with E-state index in [0.29, 0.717) is 26.1 Å². The average Bonchev–Trinajstić information content (AvgIpc) is 2.15. The van der Waals surface area contributed by atoms with Gasteiger partial charge in [-0.25, -0.2) is 8.42 Å². The third-order valence-corrected chi connectivity index (χ3v) is 3.72. The predicted octanol–water partition coefficient (Wildman–Crippen LogP) is -0.379. The molecule has 1 fully saturated rings. The zero-order valence-electron chi connectivity index (χ0n) is 8.89. The normalized spacial score (nSPS) is 22.0. The second-order valence-electron chi connectivity index (χ2n) is 3.43. The van der Waals surface area contributed by atoms with Gasteiger partial charge >= 0.3 is 0 Å². The SMILES string of the molecule is CCC(=O)N1CCNCC1S(C)(=O)=O.Cl. The second-order valence-corrected chi connectivity index (χ2v) is 5.63. The van der Waals surface area contributed by atoms with Crippen LogP contribution in [0.4, 0.5) is 0 Å². The van der Waals surface area contributed by atoms with E-state index >= 15 is 0 Å². The monoisotopic (exact) mass is 256 g/mol. The number of carbonyl (C=O) groups is 1. The number of amides is 1. The quantitative estimate of drug-likeness (QED) is 0.732. The lowest BCUT2D eigenvalue weighted by atomic mass is 10.3. The largest absolute Gasteiger partial charge is 0.323 e. The standard InChI is InChI=1S/C8H16N2O3S.ClH/c1-3-7(11)10-5-4-9-6-8(10)14(2,12)13;/h8-9H,3-6H2,1-2H3;1H. The maximum absolute atomic E-state index is 11.5. The van der Waals surface area contributed by atoms with Gasteiger partial charge in [0, 0.05) is 32.3 Å². The van der Waals surface area contributed by atoms with Crippen LogP contribution in [0.1, 0.15) is 13.3 Å². The van der Waals surface area contributed by atoms with E-state index in [4.69, 9.17) is 0 Å². The van der Waals surface area contributed by atoms with Crippen LogP contribution in [0, 0.1) is 0 Å². The van der Waals surface area contributed by atoms with Crippen LogP contribution in [0.25, 0.3) is 0 Å². The number of sulfone groups is 1. The summed E-state index contributed by atoms with van der Waals surface area (Å²) in [6.07, 6.45) is 1.52. The molecule has 0 aliphatic carbocycles. The van der Waals surface area contributed by atoms with E-state index in [9.17, 15) is 13.2 Å². The summed E-state index contributed by atoms with van der Waals surface area (Å²) in [7, 11) is -3.19. The Morgan fingerprint density at radius 2 is 2.13 bits per heavy atom. The third-order valence-electron chi connectivity index (χ3n) is 2.31. The molecule has 1 saturated heterocycles. The molecule has 0 spiro atoms. The molecule has 1 amide bonds. The van der Waals surface area contributed by atoms with E-state index < -0.39 is 15.2 Å². The molecule has 7 heteroatoms. The maximum atomic E-state index is 11.5. The molecule has 1 N–H and O–H groups in total. The van der Waals surface area contributed by atoms with Gasteiger partial charge < -0.3 is 10.2 Å². The van der Waals surface area contributed by atoms with Crippen molar-refractivity contribution in [2.75, 3.05) is 25.9 Å². The molecule has 0 saturated carbocycles. The molecular weight excluding hydrogens is 240 g/mol. The third kappa shape index (κ3) is 3.62. The lowest BCUT2D eigenvalue weighted by Gasteiger charge is -2.34. The number of hydrogen-bond acceptors (Lipinski definition) is 4. The zero-order valence-corrected chi connectivity index (χ0v) is 10.5. The van der Waals surface area contributed by atoms with Gasteiger partial charge in [-0.1, -0.05) is 6.92 Å². The Balaban J connectivity index is 0.00000196.